The molecule has 6 heteroatoms. The minimum Gasteiger partial charge on any atom is -0.368 e. The van der Waals surface area contributed by atoms with E-state index in [4.69, 9.17) is 5.73 Å². The van der Waals surface area contributed by atoms with Crippen LogP contribution in [0.4, 0.5) is 0 Å². The second-order valence-electron chi connectivity index (χ2n) is 6.53. The van der Waals surface area contributed by atoms with E-state index in [1.165, 1.54) is 12.5 Å². The number of nitrogens with zero attached hydrogens (tertiary/aromatic N) is 2. The van der Waals surface area contributed by atoms with Crippen LogP contribution in [-0.2, 0) is 20.8 Å². The summed E-state index contributed by atoms with van der Waals surface area (Å²) in [5.74, 6) is -0.590. The van der Waals surface area contributed by atoms with Gasteiger partial charge in [-0.15, -0.1) is 0 Å². The standard InChI is InChI=1S/C18H23N3O3/c1-12(22)20-10-8-13-5-2-3-6-14(13)16(20)11-17(23)21-9-4-7-15(21)18(19)24/h2-3,5-6,15-16H,4,7-11H2,1H3,(H2,19,24)/t15-,16+/m1/s1. The summed E-state index contributed by atoms with van der Waals surface area (Å²) in [5.41, 5.74) is 7.62. The van der Waals surface area contributed by atoms with Crippen molar-refractivity contribution in [1.82, 2.24) is 9.80 Å². The topological polar surface area (TPSA) is 83.7 Å². The summed E-state index contributed by atoms with van der Waals surface area (Å²) in [6, 6.07) is 7.16. The molecule has 0 saturated carbocycles. The van der Waals surface area contributed by atoms with Gasteiger partial charge in [-0.05, 0) is 30.4 Å². The van der Waals surface area contributed by atoms with Crippen LogP contribution < -0.4 is 5.73 Å². The Bertz CT molecular complexity index is 673. The van der Waals surface area contributed by atoms with E-state index in [0.29, 0.717) is 19.5 Å². The van der Waals surface area contributed by atoms with Crippen molar-refractivity contribution in [3.63, 3.8) is 0 Å². The van der Waals surface area contributed by atoms with Gasteiger partial charge in [-0.2, -0.15) is 0 Å². The summed E-state index contributed by atoms with van der Waals surface area (Å²) >= 11 is 0. The lowest BCUT2D eigenvalue weighted by Gasteiger charge is -2.37. The number of hydrogen-bond donors (Lipinski definition) is 1. The van der Waals surface area contributed by atoms with E-state index in [0.717, 1.165) is 18.4 Å². The van der Waals surface area contributed by atoms with Gasteiger partial charge in [0.15, 0.2) is 0 Å². The van der Waals surface area contributed by atoms with Crippen molar-refractivity contribution in [2.45, 2.75) is 44.7 Å². The van der Waals surface area contributed by atoms with Crippen molar-refractivity contribution in [2.75, 3.05) is 13.1 Å². The third kappa shape index (κ3) is 3.00. The van der Waals surface area contributed by atoms with Crippen LogP contribution in [0, 0.1) is 0 Å². The van der Waals surface area contributed by atoms with E-state index in [2.05, 4.69) is 0 Å². The van der Waals surface area contributed by atoms with Gasteiger partial charge in [-0.25, -0.2) is 0 Å². The Morgan fingerprint density at radius 3 is 2.62 bits per heavy atom. The number of rotatable bonds is 3. The molecule has 2 N–H and O–H groups in total. The first kappa shape index (κ1) is 16.5. The lowest BCUT2D eigenvalue weighted by Crippen LogP contribution is -2.46. The first-order chi connectivity index (χ1) is 11.5. The number of amides is 3. The van der Waals surface area contributed by atoms with Crippen molar-refractivity contribution >= 4 is 17.7 Å². The van der Waals surface area contributed by atoms with Crippen molar-refractivity contribution in [3.8, 4) is 0 Å². The molecule has 0 unspecified atom stereocenters. The zero-order chi connectivity index (χ0) is 17.3. The van der Waals surface area contributed by atoms with Gasteiger partial charge in [0.1, 0.15) is 6.04 Å². The molecule has 3 amide bonds. The van der Waals surface area contributed by atoms with Crippen LogP contribution in [0.3, 0.4) is 0 Å². The number of primary amides is 1. The van der Waals surface area contributed by atoms with Crippen molar-refractivity contribution < 1.29 is 14.4 Å². The molecule has 0 radical (unpaired) electrons. The average molecular weight is 329 g/mol. The Morgan fingerprint density at radius 1 is 1.17 bits per heavy atom. The number of likely N-dealkylation sites (tertiary alicyclic amines) is 1. The molecule has 0 spiro atoms. The number of benzene rings is 1. The molecule has 2 heterocycles. The summed E-state index contributed by atoms with van der Waals surface area (Å²) in [5, 5.41) is 0. The SMILES string of the molecule is CC(=O)N1CCc2ccccc2[C@@H]1CC(=O)N1CCC[C@@H]1C(N)=O. The van der Waals surface area contributed by atoms with Gasteiger partial charge in [-0.1, -0.05) is 24.3 Å². The molecular weight excluding hydrogens is 306 g/mol. The third-order valence-corrected chi connectivity index (χ3v) is 5.09. The number of hydrogen-bond acceptors (Lipinski definition) is 3. The van der Waals surface area contributed by atoms with Crippen molar-refractivity contribution in [3.05, 3.63) is 35.4 Å². The van der Waals surface area contributed by atoms with E-state index in [1.807, 2.05) is 24.3 Å². The Kier molecular flexibility index (Phi) is 4.55. The minimum atomic E-state index is -0.512. The fourth-order valence-electron chi connectivity index (χ4n) is 3.89. The number of carbonyl (C=O) groups excluding carboxylic acids is 3. The van der Waals surface area contributed by atoms with Crippen LogP contribution in [0.15, 0.2) is 24.3 Å². The van der Waals surface area contributed by atoms with Gasteiger partial charge in [0.05, 0.1) is 12.5 Å². The third-order valence-electron chi connectivity index (χ3n) is 5.09. The number of carbonyl (C=O) groups is 3. The Balaban J connectivity index is 1.84. The summed E-state index contributed by atoms with van der Waals surface area (Å²) in [4.78, 5) is 39.7. The maximum Gasteiger partial charge on any atom is 0.240 e. The van der Waals surface area contributed by atoms with Crippen LogP contribution >= 0.6 is 0 Å². The Labute approximate surface area is 141 Å². The van der Waals surface area contributed by atoms with E-state index in [1.54, 1.807) is 9.80 Å². The molecule has 0 bridgehead atoms. The second kappa shape index (κ2) is 6.63. The van der Waals surface area contributed by atoms with E-state index in [9.17, 15) is 14.4 Å². The molecule has 2 aliphatic heterocycles. The summed E-state index contributed by atoms with van der Waals surface area (Å²) in [7, 11) is 0. The molecule has 0 aromatic heterocycles. The molecule has 0 aliphatic carbocycles. The molecule has 6 nitrogen and oxygen atoms in total. The first-order valence-corrected chi connectivity index (χ1v) is 8.43. The van der Waals surface area contributed by atoms with Gasteiger partial charge >= 0.3 is 0 Å². The maximum absolute atomic E-state index is 12.8. The molecule has 1 fully saturated rings. The summed E-state index contributed by atoms with van der Waals surface area (Å²) < 4.78 is 0. The molecule has 2 atom stereocenters. The van der Waals surface area contributed by atoms with Gasteiger partial charge in [0.25, 0.3) is 0 Å². The lowest BCUT2D eigenvalue weighted by atomic mass is 9.90. The Hall–Kier alpha value is -2.37. The zero-order valence-corrected chi connectivity index (χ0v) is 13.9. The molecule has 3 rings (SSSR count). The predicted molar refractivity (Wildman–Crippen MR) is 88.8 cm³/mol. The first-order valence-electron chi connectivity index (χ1n) is 8.43. The zero-order valence-electron chi connectivity index (χ0n) is 13.9. The highest BCUT2D eigenvalue weighted by Gasteiger charge is 2.36. The van der Waals surface area contributed by atoms with Crippen molar-refractivity contribution in [1.29, 1.82) is 0 Å². The maximum atomic E-state index is 12.8. The number of nitrogens with two attached hydrogens (primary N) is 1. The molecule has 24 heavy (non-hydrogen) atoms. The molecule has 1 aromatic carbocycles. The van der Waals surface area contributed by atoms with Crippen LogP contribution in [0.5, 0.6) is 0 Å². The fraction of sp³-hybridized carbons (Fsp3) is 0.500. The van der Waals surface area contributed by atoms with E-state index < -0.39 is 11.9 Å². The Morgan fingerprint density at radius 2 is 1.92 bits per heavy atom. The second-order valence-corrected chi connectivity index (χ2v) is 6.53. The molecular formula is C18H23N3O3. The fourth-order valence-corrected chi connectivity index (χ4v) is 3.89. The summed E-state index contributed by atoms with van der Waals surface area (Å²) in [6.45, 7) is 2.71. The highest BCUT2D eigenvalue weighted by atomic mass is 16.2. The molecule has 1 saturated heterocycles. The monoisotopic (exact) mass is 329 g/mol. The molecule has 2 aliphatic rings. The largest absolute Gasteiger partial charge is 0.368 e. The molecule has 128 valence electrons. The van der Waals surface area contributed by atoms with Gasteiger partial charge in [0, 0.05) is 20.0 Å². The van der Waals surface area contributed by atoms with Crippen LogP contribution in [0.25, 0.3) is 0 Å². The highest BCUT2D eigenvalue weighted by Crippen LogP contribution is 2.33. The van der Waals surface area contributed by atoms with E-state index in [-0.39, 0.29) is 24.3 Å². The lowest BCUT2D eigenvalue weighted by molar-refractivity contribution is -0.140. The smallest absolute Gasteiger partial charge is 0.240 e. The predicted octanol–water partition coefficient (Wildman–Crippen LogP) is 0.999. The molecule has 1 aromatic rings. The van der Waals surface area contributed by atoms with E-state index >= 15 is 0 Å². The van der Waals surface area contributed by atoms with Gasteiger partial charge in [0.2, 0.25) is 17.7 Å². The van der Waals surface area contributed by atoms with Gasteiger partial charge in [-0.3, -0.25) is 14.4 Å². The summed E-state index contributed by atoms with van der Waals surface area (Å²) in [6.07, 6.45) is 2.41. The average Bonchev–Trinajstić information content (AvgIpc) is 3.04. The van der Waals surface area contributed by atoms with Gasteiger partial charge < -0.3 is 15.5 Å². The van der Waals surface area contributed by atoms with Crippen LogP contribution in [0.1, 0.15) is 43.4 Å². The van der Waals surface area contributed by atoms with Crippen molar-refractivity contribution in [2.24, 2.45) is 5.73 Å². The number of fused-ring (bicyclic) bond motifs is 1. The van der Waals surface area contributed by atoms with Crippen LogP contribution in [0.2, 0.25) is 0 Å². The highest BCUT2D eigenvalue weighted by molar-refractivity contribution is 5.88. The quantitative estimate of drug-likeness (QED) is 0.898. The minimum absolute atomic E-state index is 0.0322. The van der Waals surface area contributed by atoms with Crippen LogP contribution in [-0.4, -0.2) is 46.7 Å². The normalized spacial score (nSPS) is 23.0.